The molecule has 1 aromatic carbocycles. The quantitative estimate of drug-likeness (QED) is 0.834. The third kappa shape index (κ3) is 2.76. The molecular weight excluding hydrogens is 209 g/mol. The Morgan fingerprint density at radius 3 is 2.46 bits per heavy atom. The minimum absolute atomic E-state index is 0. The minimum atomic E-state index is -0.0568. The summed E-state index contributed by atoms with van der Waals surface area (Å²) in [5, 5.41) is 0.604. The Morgan fingerprint density at radius 1 is 1.46 bits per heavy atom. The van der Waals surface area contributed by atoms with Gasteiger partial charge in [-0.2, -0.15) is 0 Å². The van der Waals surface area contributed by atoms with Crippen LogP contribution in [0.15, 0.2) is 18.2 Å². The van der Waals surface area contributed by atoms with Crippen molar-refractivity contribution in [2.24, 2.45) is 5.73 Å². The van der Waals surface area contributed by atoms with Crippen LogP contribution in [0.1, 0.15) is 18.5 Å². The van der Waals surface area contributed by atoms with Gasteiger partial charge in [0.05, 0.1) is 12.1 Å². The van der Waals surface area contributed by atoms with E-state index in [1.807, 2.05) is 19.1 Å². The van der Waals surface area contributed by atoms with E-state index in [-0.39, 0.29) is 18.4 Å². The Balaban J connectivity index is 0.00000144. The lowest BCUT2D eigenvalue weighted by Gasteiger charge is -2.12. The molecule has 0 aromatic heterocycles. The van der Waals surface area contributed by atoms with Gasteiger partial charge in [0.2, 0.25) is 0 Å². The fourth-order valence-electron chi connectivity index (χ4n) is 1.10. The van der Waals surface area contributed by atoms with Gasteiger partial charge in [-0.1, -0.05) is 23.7 Å². The summed E-state index contributed by atoms with van der Waals surface area (Å²) in [7, 11) is 1.59. The first-order chi connectivity index (χ1) is 5.66. The molecule has 2 nitrogen and oxygen atoms in total. The van der Waals surface area contributed by atoms with Crippen molar-refractivity contribution in [3.8, 4) is 5.75 Å². The highest BCUT2D eigenvalue weighted by Gasteiger charge is 2.09. The van der Waals surface area contributed by atoms with Crippen LogP contribution in [0.5, 0.6) is 5.75 Å². The third-order valence-electron chi connectivity index (χ3n) is 1.69. The van der Waals surface area contributed by atoms with Crippen LogP contribution in [0.2, 0.25) is 5.02 Å². The predicted molar refractivity (Wildman–Crippen MR) is 57.9 cm³/mol. The molecule has 0 amide bonds. The van der Waals surface area contributed by atoms with Gasteiger partial charge in [-0.05, 0) is 13.0 Å². The molecule has 0 saturated carbocycles. The van der Waals surface area contributed by atoms with Gasteiger partial charge in [-0.25, -0.2) is 0 Å². The number of para-hydroxylation sites is 1. The zero-order valence-corrected chi connectivity index (χ0v) is 9.15. The highest BCUT2D eigenvalue weighted by molar-refractivity contribution is 6.32. The maximum atomic E-state index is 5.89. The maximum Gasteiger partial charge on any atom is 0.142 e. The molecule has 74 valence electrons. The van der Waals surface area contributed by atoms with Crippen molar-refractivity contribution < 1.29 is 4.74 Å². The molecule has 0 aliphatic carbocycles. The Labute approximate surface area is 89.4 Å². The van der Waals surface area contributed by atoms with Crippen LogP contribution in [0.25, 0.3) is 0 Å². The van der Waals surface area contributed by atoms with E-state index in [1.165, 1.54) is 0 Å². The van der Waals surface area contributed by atoms with Crippen LogP contribution in [-0.4, -0.2) is 7.11 Å². The number of halogens is 2. The predicted octanol–water partition coefficient (Wildman–Crippen LogP) is 2.79. The molecule has 0 fully saturated rings. The van der Waals surface area contributed by atoms with Gasteiger partial charge in [-0.3, -0.25) is 0 Å². The topological polar surface area (TPSA) is 35.2 Å². The van der Waals surface area contributed by atoms with Crippen molar-refractivity contribution in [3.63, 3.8) is 0 Å². The van der Waals surface area contributed by atoms with Gasteiger partial charge < -0.3 is 10.5 Å². The molecule has 0 radical (unpaired) electrons. The lowest BCUT2D eigenvalue weighted by atomic mass is 10.1. The first-order valence-corrected chi connectivity index (χ1v) is 4.12. The van der Waals surface area contributed by atoms with Crippen LogP contribution < -0.4 is 10.5 Å². The van der Waals surface area contributed by atoms with Crippen molar-refractivity contribution in [3.05, 3.63) is 28.8 Å². The maximum absolute atomic E-state index is 5.89. The smallest absolute Gasteiger partial charge is 0.142 e. The van der Waals surface area contributed by atoms with E-state index in [1.54, 1.807) is 13.2 Å². The number of hydrogen-bond acceptors (Lipinski definition) is 2. The highest BCUT2D eigenvalue weighted by atomic mass is 35.5. The van der Waals surface area contributed by atoms with E-state index in [2.05, 4.69) is 0 Å². The summed E-state index contributed by atoms with van der Waals surface area (Å²) in [6, 6.07) is 5.50. The second-order valence-corrected chi connectivity index (χ2v) is 3.06. The Hall–Kier alpha value is -0.440. The van der Waals surface area contributed by atoms with Gasteiger partial charge >= 0.3 is 0 Å². The molecule has 1 rings (SSSR count). The van der Waals surface area contributed by atoms with E-state index < -0.39 is 0 Å². The lowest BCUT2D eigenvalue weighted by Crippen LogP contribution is -2.06. The summed E-state index contributed by atoms with van der Waals surface area (Å²) < 4.78 is 5.13. The second-order valence-electron chi connectivity index (χ2n) is 2.65. The van der Waals surface area contributed by atoms with E-state index >= 15 is 0 Å². The fourth-order valence-corrected chi connectivity index (χ4v) is 1.36. The monoisotopic (exact) mass is 221 g/mol. The molecule has 1 aromatic rings. The van der Waals surface area contributed by atoms with Crippen molar-refractivity contribution in [2.45, 2.75) is 13.0 Å². The molecule has 0 heterocycles. The minimum Gasteiger partial charge on any atom is -0.495 e. The van der Waals surface area contributed by atoms with Crippen LogP contribution in [0.3, 0.4) is 0 Å². The van der Waals surface area contributed by atoms with Gasteiger partial charge in [0.15, 0.2) is 0 Å². The van der Waals surface area contributed by atoms with E-state index in [9.17, 15) is 0 Å². The number of hydrogen-bond donors (Lipinski definition) is 1. The van der Waals surface area contributed by atoms with Crippen molar-refractivity contribution >= 4 is 24.0 Å². The molecule has 4 heteroatoms. The van der Waals surface area contributed by atoms with E-state index in [0.717, 1.165) is 5.56 Å². The zero-order valence-electron chi connectivity index (χ0n) is 7.58. The number of nitrogens with two attached hydrogens (primary N) is 1. The standard InChI is InChI=1S/C9H12ClNO.ClH/c1-6(11)7-4-3-5-8(10)9(7)12-2;/h3-6H,11H2,1-2H3;1H. The Morgan fingerprint density at radius 2 is 2.08 bits per heavy atom. The second kappa shape index (κ2) is 5.32. The van der Waals surface area contributed by atoms with Crippen LogP contribution in [-0.2, 0) is 0 Å². The normalized spacial score (nSPS) is 11.7. The van der Waals surface area contributed by atoms with E-state index in [4.69, 9.17) is 22.1 Å². The van der Waals surface area contributed by atoms with Crippen LogP contribution >= 0.6 is 24.0 Å². The van der Waals surface area contributed by atoms with Gasteiger partial charge in [0.1, 0.15) is 5.75 Å². The number of ether oxygens (including phenoxy) is 1. The van der Waals surface area contributed by atoms with Crippen molar-refractivity contribution in [2.75, 3.05) is 7.11 Å². The van der Waals surface area contributed by atoms with E-state index in [0.29, 0.717) is 10.8 Å². The molecule has 0 aliphatic heterocycles. The van der Waals surface area contributed by atoms with Gasteiger partial charge in [0, 0.05) is 11.6 Å². The van der Waals surface area contributed by atoms with Gasteiger partial charge in [0.25, 0.3) is 0 Å². The summed E-state index contributed by atoms with van der Waals surface area (Å²) in [6.45, 7) is 1.90. The third-order valence-corrected chi connectivity index (χ3v) is 1.99. The average molecular weight is 222 g/mol. The first-order valence-electron chi connectivity index (χ1n) is 3.74. The summed E-state index contributed by atoms with van der Waals surface area (Å²) in [4.78, 5) is 0. The Bertz CT molecular complexity index is 276. The summed E-state index contributed by atoms with van der Waals surface area (Å²) >= 11 is 5.89. The largest absolute Gasteiger partial charge is 0.495 e. The lowest BCUT2D eigenvalue weighted by molar-refractivity contribution is 0.407. The number of rotatable bonds is 2. The molecule has 0 aliphatic rings. The average Bonchev–Trinajstić information content (AvgIpc) is 2.03. The fraction of sp³-hybridized carbons (Fsp3) is 0.333. The summed E-state index contributed by atoms with van der Waals surface area (Å²) in [5.74, 6) is 0.675. The van der Waals surface area contributed by atoms with Crippen molar-refractivity contribution in [1.29, 1.82) is 0 Å². The Kier molecular flexibility index (Phi) is 5.14. The molecule has 1 unspecified atom stereocenters. The molecule has 13 heavy (non-hydrogen) atoms. The highest BCUT2D eigenvalue weighted by Crippen LogP contribution is 2.31. The molecule has 2 N–H and O–H groups in total. The van der Waals surface area contributed by atoms with Crippen molar-refractivity contribution in [1.82, 2.24) is 0 Å². The molecule has 0 spiro atoms. The van der Waals surface area contributed by atoms with Crippen LogP contribution in [0, 0.1) is 0 Å². The molecule has 0 bridgehead atoms. The van der Waals surface area contributed by atoms with Gasteiger partial charge in [-0.15, -0.1) is 12.4 Å². The number of methoxy groups -OCH3 is 1. The molecular formula is C9H13Cl2NO. The summed E-state index contributed by atoms with van der Waals surface area (Å²) in [5.41, 5.74) is 6.66. The first kappa shape index (κ1) is 12.6. The van der Waals surface area contributed by atoms with Crippen LogP contribution in [0.4, 0.5) is 0 Å². The summed E-state index contributed by atoms with van der Waals surface area (Å²) in [6.07, 6.45) is 0. The zero-order chi connectivity index (χ0) is 9.14. The SMILES string of the molecule is COc1c(Cl)cccc1C(C)N.Cl. The molecule has 0 saturated heterocycles. The molecule has 1 atom stereocenters. The number of benzene rings is 1.